The number of benzene rings is 2. The summed E-state index contributed by atoms with van der Waals surface area (Å²) in [4.78, 5) is 26.7. The number of carbonyl (C=O) groups is 2. The van der Waals surface area contributed by atoms with Crippen molar-refractivity contribution in [3.8, 4) is 5.69 Å². The number of thiocarbonyl (C=S) groups is 1. The molecule has 0 atom stereocenters. The minimum absolute atomic E-state index is 0.0111. The molecular formula is C23H17BrFN3O2S. The van der Waals surface area contributed by atoms with Crippen LogP contribution in [0.2, 0.25) is 0 Å². The van der Waals surface area contributed by atoms with Crippen LogP contribution in [0.5, 0.6) is 0 Å². The Morgan fingerprint density at radius 3 is 2.52 bits per heavy atom. The Labute approximate surface area is 192 Å². The SMILES string of the molecule is Cc1cc(/C=C2\C(=O)NC(=S)N(c3ccccc3F)C2=O)c(C)n1-c1cccc(Br)c1. The first-order valence-electron chi connectivity index (χ1n) is 9.39. The van der Waals surface area contributed by atoms with Crippen molar-refractivity contribution in [3.63, 3.8) is 0 Å². The highest BCUT2D eigenvalue weighted by Gasteiger charge is 2.35. The lowest BCUT2D eigenvalue weighted by molar-refractivity contribution is -0.122. The van der Waals surface area contributed by atoms with Crippen LogP contribution in [0.1, 0.15) is 17.0 Å². The van der Waals surface area contributed by atoms with E-state index in [1.165, 1.54) is 24.3 Å². The monoisotopic (exact) mass is 497 g/mol. The minimum atomic E-state index is -0.675. The van der Waals surface area contributed by atoms with Gasteiger partial charge in [-0.25, -0.2) is 9.29 Å². The lowest BCUT2D eigenvalue weighted by Gasteiger charge is -2.29. The molecule has 5 nitrogen and oxygen atoms in total. The highest BCUT2D eigenvalue weighted by Crippen LogP contribution is 2.28. The van der Waals surface area contributed by atoms with Gasteiger partial charge in [-0.3, -0.25) is 14.9 Å². The maximum absolute atomic E-state index is 14.3. The summed E-state index contributed by atoms with van der Waals surface area (Å²) in [6.45, 7) is 3.85. The molecule has 31 heavy (non-hydrogen) atoms. The Hall–Kier alpha value is -3.10. The molecule has 2 aromatic carbocycles. The van der Waals surface area contributed by atoms with Crippen molar-refractivity contribution in [1.29, 1.82) is 0 Å². The Balaban J connectivity index is 1.79. The fourth-order valence-electron chi connectivity index (χ4n) is 3.61. The van der Waals surface area contributed by atoms with Crippen molar-refractivity contribution >= 4 is 56.8 Å². The van der Waals surface area contributed by atoms with E-state index in [1.807, 2.05) is 48.7 Å². The smallest absolute Gasteiger partial charge is 0.270 e. The number of anilines is 1. The Kier molecular flexibility index (Phi) is 5.60. The van der Waals surface area contributed by atoms with Crippen LogP contribution in [0.3, 0.4) is 0 Å². The number of hydrogen-bond donors (Lipinski definition) is 1. The lowest BCUT2D eigenvalue weighted by atomic mass is 10.1. The van der Waals surface area contributed by atoms with E-state index in [9.17, 15) is 14.0 Å². The van der Waals surface area contributed by atoms with Crippen molar-refractivity contribution in [2.24, 2.45) is 0 Å². The second kappa shape index (κ2) is 8.20. The molecule has 1 aliphatic rings. The number of amides is 2. The van der Waals surface area contributed by atoms with Gasteiger partial charge in [0.25, 0.3) is 11.8 Å². The molecule has 8 heteroatoms. The van der Waals surface area contributed by atoms with Crippen LogP contribution in [0.4, 0.5) is 10.1 Å². The summed E-state index contributed by atoms with van der Waals surface area (Å²) in [5, 5.41) is 2.33. The quantitative estimate of drug-likeness (QED) is 0.320. The number of aromatic nitrogens is 1. The molecule has 1 saturated heterocycles. The summed E-state index contributed by atoms with van der Waals surface area (Å²) in [6.07, 6.45) is 1.52. The van der Waals surface area contributed by atoms with Gasteiger partial charge >= 0.3 is 0 Å². The van der Waals surface area contributed by atoms with Gasteiger partial charge in [0.05, 0.1) is 5.69 Å². The number of nitrogens with one attached hydrogen (secondary N) is 1. The zero-order valence-electron chi connectivity index (χ0n) is 16.6. The van der Waals surface area contributed by atoms with Gasteiger partial charge in [-0.15, -0.1) is 0 Å². The number of hydrogen-bond acceptors (Lipinski definition) is 3. The van der Waals surface area contributed by atoms with Gasteiger partial charge in [0.2, 0.25) is 0 Å². The fraction of sp³-hybridized carbons (Fsp3) is 0.0870. The molecule has 0 unspecified atom stereocenters. The second-order valence-electron chi connectivity index (χ2n) is 7.05. The molecule has 1 fully saturated rings. The Bertz CT molecular complexity index is 1280. The summed E-state index contributed by atoms with van der Waals surface area (Å²) < 4.78 is 17.3. The van der Waals surface area contributed by atoms with Gasteiger partial charge in [-0.2, -0.15) is 0 Å². The maximum Gasteiger partial charge on any atom is 0.270 e. The van der Waals surface area contributed by atoms with Gasteiger partial charge in [0, 0.05) is 21.5 Å². The summed E-state index contributed by atoms with van der Waals surface area (Å²) >= 11 is 8.62. The molecule has 0 aliphatic carbocycles. The van der Waals surface area contributed by atoms with Gasteiger partial charge < -0.3 is 4.57 Å². The van der Waals surface area contributed by atoms with Crippen molar-refractivity contribution < 1.29 is 14.0 Å². The number of aryl methyl sites for hydroxylation is 1. The highest BCUT2D eigenvalue weighted by atomic mass is 79.9. The molecule has 0 bridgehead atoms. The normalized spacial score (nSPS) is 15.5. The van der Waals surface area contributed by atoms with Crippen LogP contribution in [0.25, 0.3) is 11.8 Å². The van der Waals surface area contributed by atoms with Crippen molar-refractivity contribution in [2.45, 2.75) is 13.8 Å². The van der Waals surface area contributed by atoms with E-state index in [0.29, 0.717) is 5.56 Å². The first-order valence-corrected chi connectivity index (χ1v) is 10.6. The topological polar surface area (TPSA) is 54.3 Å². The molecule has 0 spiro atoms. The molecule has 0 saturated carbocycles. The van der Waals surface area contributed by atoms with Gasteiger partial charge in [0.1, 0.15) is 11.4 Å². The van der Waals surface area contributed by atoms with E-state index in [1.54, 1.807) is 6.07 Å². The van der Waals surface area contributed by atoms with Crippen molar-refractivity contribution in [1.82, 2.24) is 9.88 Å². The average molecular weight is 498 g/mol. The first kappa shape index (κ1) is 21.1. The van der Waals surface area contributed by atoms with Crippen LogP contribution >= 0.6 is 28.1 Å². The average Bonchev–Trinajstić information content (AvgIpc) is 2.99. The largest absolute Gasteiger partial charge is 0.318 e. The molecule has 0 radical (unpaired) electrons. The van der Waals surface area contributed by atoms with Crippen LogP contribution < -0.4 is 10.2 Å². The van der Waals surface area contributed by atoms with Crippen LogP contribution in [-0.2, 0) is 9.59 Å². The van der Waals surface area contributed by atoms with Crippen LogP contribution in [-0.4, -0.2) is 21.5 Å². The summed E-state index contributed by atoms with van der Waals surface area (Å²) in [7, 11) is 0. The summed E-state index contributed by atoms with van der Waals surface area (Å²) in [5.74, 6) is -1.90. The molecular weight excluding hydrogens is 481 g/mol. The van der Waals surface area contributed by atoms with E-state index in [4.69, 9.17) is 12.2 Å². The van der Waals surface area contributed by atoms with Crippen LogP contribution in [0, 0.1) is 19.7 Å². The molecule has 1 aliphatic heterocycles. The molecule has 1 aromatic heterocycles. The van der Waals surface area contributed by atoms with Crippen LogP contribution in [0.15, 0.2) is 64.6 Å². The highest BCUT2D eigenvalue weighted by molar-refractivity contribution is 9.10. The van der Waals surface area contributed by atoms with Gasteiger partial charge in [0.15, 0.2) is 5.11 Å². The number of carbonyl (C=O) groups excluding carboxylic acids is 2. The summed E-state index contributed by atoms with van der Waals surface area (Å²) in [5.41, 5.74) is 3.32. The maximum atomic E-state index is 14.3. The summed E-state index contributed by atoms with van der Waals surface area (Å²) in [6, 6.07) is 15.5. The zero-order chi connectivity index (χ0) is 22.3. The molecule has 4 rings (SSSR count). The standard InChI is InChI=1S/C23H17BrFN3O2S/c1-13-10-15(14(2)27(13)17-7-5-6-16(24)12-17)11-18-21(29)26-23(31)28(22(18)30)20-9-4-3-8-19(20)25/h3-12H,1-2H3,(H,26,29,31)/b18-11+. The third-order valence-electron chi connectivity index (χ3n) is 5.03. The number of rotatable bonds is 3. The molecule has 156 valence electrons. The predicted molar refractivity (Wildman–Crippen MR) is 126 cm³/mol. The Morgan fingerprint density at radius 2 is 1.81 bits per heavy atom. The Morgan fingerprint density at radius 1 is 1.06 bits per heavy atom. The number of para-hydroxylation sites is 1. The second-order valence-corrected chi connectivity index (χ2v) is 8.35. The van der Waals surface area contributed by atoms with Gasteiger partial charge in [-0.1, -0.05) is 34.1 Å². The van der Waals surface area contributed by atoms with E-state index in [-0.39, 0.29) is 16.4 Å². The fourth-order valence-corrected chi connectivity index (χ4v) is 4.27. The minimum Gasteiger partial charge on any atom is -0.318 e. The van der Waals surface area contributed by atoms with E-state index in [0.717, 1.165) is 26.4 Å². The van der Waals surface area contributed by atoms with E-state index < -0.39 is 17.6 Å². The number of nitrogens with zero attached hydrogens (tertiary/aromatic N) is 2. The van der Waals surface area contributed by atoms with E-state index >= 15 is 0 Å². The third kappa shape index (κ3) is 3.84. The molecule has 3 aromatic rings. The third-order valence-corrected chi connectivity index (χ3v) is 5.81. The number of halogens is 2. The molecule has 2 heterocycles. The van der Waals surface area contributed by atoms with Crippen molar-refractivity contribution in [3.05, 3.63) is 87.4 Å². The molecule has 2 amide bonds. The molecule has 1 N–H and O–H groups in total. The first-order chi connectivity index (χ1) is 14.8. The van der Waals surface area contributed by atoms with Gasteiger partial charge in [-0.05, 0) is 74.1 Å². The predicted octanol–water partition coefficient (Wildman–Crippen LogP) is 4.83. The zero-order valence-corrected chi connectivity index (χ0v) is 19.1. The lowest BCUT2D eigenvalue weighted by Crippen LogP contribution is -2.54. The van der Waals surface area contributed by atoms with Crippen molar-refractivity contribution in [2.75, 3.05) is 4.90 Å². The van der Waals surface area contributed by atoms with E-state index in [2.05, 4.69) is 21.2 Å².